The predicted octanol–water partition coefficient (Wildman–Crippen LogP) is 3.25. The number of benzene rings is 2. The average molecular weight is 363 g/mol. The highest BCUT2D eigenvalue weighted by Crippen LogP contribution is 2.25. The molecule has 1 heterocycles. The molecule has 2 amide bonds. The standard InChI is InChI=1S/C19H17N5O3/c1-12(25)20-18-22-17(23-19(24-18)21-13(2)26)14-8-10-16(11-9-14)27-15-6-4-3-5-7-15/h3-11H,1-2H3,(H2,20,21,22,23,24,25,26). The topological polar surface area (TPSA) is 106 Å². The number of nitrogens with zero attached hydrogens (tertiary/aromatic N) is 3. The Morgan fingerprint density at radius 3 is 1.78 bits per heavy atom. The summed E-state index contributed by atoms with van der Waals surface area (Å²) >= 11 is 0. The van der Waals surface area contributed by atoms with Crippen LogP contribution >= 0.6 is 0 Å². The first-order valence-electron chi connectivity index (χ1n) is 8.14. The van der Waals surface area contributed by atoms with E-state index in [0.717, 1.165) is 5.75 Å². The van der Waals surface area contributed by atoms with Crippen molar-refractivity contribution in [3.8, 4) is 22.9 Å². The molecule has 0 aliphatic heterocycles. The Balaban J connectivity index is 1.87. The second-order valence-electron chi connectivity index (χ2n) is 5.61. The van der Waals surface area contributed by atoms with Gasteiger partial charge in [0, 0.05) is 19.4 Å². The summed E-state index contributed by atoms with van der Waals surface area (Å²) in [5.41, 5.74) is 0.677. The van der Waals surface area contributed by atoms with Crippen LogP contribution in [0, 0.1) is 0 Å². The lowest BCUT2D eigenvalue weighted by atomic mass is 10.2. The van der Waals surface area contributed by atoms with Crippen LogP contribution in [0.4, 0.5) is 11.9 Å². The summed E-state index contributed by atoms with van der Waals surface area (Å²) in [7, 11) is 0. The van der Waals surface area contributed by atoms with E-state index in [-0.39, 0.29) is 23.7 Å². The van der Waals surface area contributed by atoms with Gasteiger partial charge in [-0.3, -0.25) is 20.2 Å². The van der Waals surface area contributed by atoms with Crippen molar-refractivity contribution >= 4 is 23.7 Å². The zero-order valence-electron chi connectivity index (χ0n) is 14.8. The molecule has 27 heavy (non-hydrogen) atoms. The highest BCUT2D eigenvalue weighted by atomic mass is 16.5. The van der Waals surface area contributed by atoms with Gasteiger partial charge >= 0.3 is 0 Å². The molecule has 3 rings (SSSR count). The number of hydrogen-bond acceptors (Lipinski definition) is 6. The number of nitrogens with one attached hydrogen (secondary N) is 2. The second kappa shape index (κ2) is 8.05. The van der Waals surface area contributed by atoms with E-state index in [4.69, 9.17) is 4.74 Å². The number of rotatable bonds is 5. The molecule has 0 aliphatic carbocycles. The van der Waals surface area contributed by atoms with Gasteiger partial charge in [-0.25, -0.2) is 0 Å². The number of hydrogen-bond donors (Lipinski definition) is 2. The first kappa shape index (κ1) is 18.0. The van der Waals surface area contributed by atoms with E-state index in [1.54, 1.807) is 24.3 Å². The zero-order chi connectivity index (χ0) is 19.2. The molecule has 0 fully saturated rings. The van der Waals surface area contributed by atoms with Crippen molar-refractivity contribution in [2.24, 2.45) is 0 Å². The molecule has 0 radical (unpaired) electrons. The quantitative estimate of drug-likeness (QED) is 0.721. The minimum absolute atomic E-state index is 0.0564. The lowest BCUT2D eigenvalue weighted by Crippen LogP contribution is -2.15. The Kier molecular flexibility index (Phi) is 5.36. The van der Waals surface area contributed by atoms with Crippen LogP contribution in [0.5, 0.6) is 11.5 Å². The Hall–Kier alpha value is -3.81. The number of amides is 2. The highest BCUT2D eigenvalue weighted by Gasteiger charge is 2.11. The van der Waals surface area contributed by atoms with Crippen LogP contribution in [-0.2, 0) is 9.59 Å². The molecule has 0 spiro atoms. The second-order valence-corrected chi connectivity index (χ2v) is 5.61. The molecule has 0 saturated heterocycles. The smallest absolute Gasteiger partial charge is 0.234 e. The van der Waals surface area contributed by atoms with Crippen LogP contribution in [0.3, 0.4) is 0 Å². The van der Waals surface area contributed by atoms with Crippen molar-refractivity contribution in [2.75, 3.05) is 10.6 Å². The highest BCUT2D eigenvalue weighted by molar-refractivity contribution is 5.89. The lowest BCUT2D eigenvalue weighted by Gasteiger charge is -2.09. The molecule has 2 N–H and O–H groups in total. The number of para-hydroxylation sites is 1. The van der Waals surface area contributed by atoms with E-state index in [1.165, 1.54) is 13.8 Å². The monoisotopic (exact) mass is 363 g/mol. The van der Waals surface area contributed by atoms with Gasteiger partial charge in [-0.15, -0.1) is 0 Å². The van der Waals surface area contributed by atoms with Gasteiger partial charge in [0.2, 0.25) is 23.7 Å². The van der Waals surface area contributed by atoms with Gasteiger partial charge in [0.25, 0.3) is 0 Å². The summed E-state index contributed by atoms with van der Waals surface area (Å²) in [5.74, 6) is 1.15. The van der Waals surface area contributed by atoms with Crippen molar-refractivity contribution in [1.29, 1.82) is 0 Å². The maximum Gasteiger partial charge on any atom is 0.234 e. The van der Waals surface area contributed by atoms with Gasteiger partial charge in [-0.05, 0) is 36.4 Å². The molecule has 0 saturated carbocycles. The molecule has 2 aromatic carbocycles. The maximum absolute atomic E-state index is 11.3. The fraction of sp³-hybridized carbons (Fsp3) is 0.105. The van der Waals surface area contributed by atoms with Crippen LogP contribution < -0.4 is 15.4 Å². The SMILES string of the molecule is CC(=O)Nc1nc(NC(C)=O)nc(-c2ccc(Oc3ccccc3)cc2)n1. The van der Waals surface area contributed by atoms with Gasteiger partial charge < -0.3 is 4.74 Å². The maximum atomic E-state index is 11.3. The van der Waals surface area contributed by atoms with E-state index < -0.39 is 0 Å². The van der Waals surface area contributed by atoms with E-state index in [1.807, 2.05) is 30.3 Å². The Bertz CT molecular complexity index is 925. The number of carbonyl (C=O) groups is 2. The molecule has 8 nitrogen and oxygen atoms in total. The van der Waals surface area contributed by atoms with Crippen LogP contribution in [0.25, 0.3) is 11.4 Å². The zero-order valence-corrected chi connectivity index (χ0v) is 14.8. The number of aromatic nitrogens is 3. The Morgan fingerprint density at radius 1 is 0.741 bits per heavy atom. The Labute approximate surface area is 155 Å². The molecule has 0 atom stereocenters. The summed E-state index contributed by atoms with van der Waals surface area (Å²) in [6.07, 6.45) is 0. The summed E-state index contributed by atoms with van der Waals surface area (Å²) < 4.78 is 5.75. The van der Waals surface area contributed by atoms with E-state index in [0.29, 0.717) is 17.1 Å². The molecule has 136 valence electrons. The van der Waals surface area contributed by atoms with Crippen molar-refractivity contribution in [1.82, 2.24) is 15.0 Å². The third kappa shape index (κ3) is 5.08. The number of ether oxygens (including phenoxy) is 1. The van der Waals surface area contributed by atoms with Gasteiger partial charge in [0.05, 0.1) is 0 Å². The molecular formula is C19H17N5O3. The normalized spacial score (nSPS) is 10.1. The van der Waals surface area contributed by atoms with Gasteiger partial charge in [0.15, 0.2) is 5.82 Å². The predicted molar refractivity (Wildman–Crippen MR) is 100 cm³/mol. The number of carbonyl (C=O) groups excluding carboxylic acids is 2. The number of anilines is 2. The third-order valence-corrected chi connectivity index (χ3v) is 3.30. The molecular weight excluding hydrogens is 346 g/mol. The molecule has 3 aromatic rings. The molecule has 0 unspecified atom stereocenters. The molecule has 0 bridgehead atoms. The lowest BCUT2D eigenvalue weighted by molar-refractivity contribution is -0.115. The molecule has 0 aliphatic rings. The van der Waals surface area contributed by atoms with Crippen molar-refractivity contribution in [2.45, 2.75) is 13.8 Å². The van der Waals surface area contributed by atoms with Gasteiger partial charge in [-0.1, -0.05) is 18.2 Å². The van der Waals surface area contributed by atoms with E-state index in [2.05, 4.69) is 25.6 Å². The van der Waals surface area contributed by atoms with E-state index in [9.17, 15) is 9.59 Å². The minimum atomic E-state index is -0.326. The fourth-order valence-electron chi connectivity index (χ4n) is 2.23. The summed E-state index contributed by atoms with van der Waals surface area (Å²) in [4.78, 5) is 35.0. The summed E-state index contributed by atoms with van der Waals surface area (Å²) in [6, 6.07) is 16.5. The Morgan fingerprint density at radius 2 is 1.26 bits per heavy atom. The van der Waals surface area contributed by atoms with Crippen molar-refractivity contribution < 1.29 is 14.3 Å². The van der Waals surface area contributed by atoms with Crippen LogP contribution in [0.2, 0.25) is 0 Å². The molecule has 1 aromatic heterocycles. The van der Waals surface area contributed by atoms with Gasteiger partial charge in [0.1, 0.15) is 11.5 Å². The van der Waals surface area contributed by atoms with Gasteiger partial charge in [-0.2, -0.15) is 15.0 Å². The van der Waals surface area contributed by atoms with E-state index >= 15 is 0 Å². The van der Waals surface area contributed by atoms with Crippen LogP contribution in [0.1, 0.15) is 13.8 Å². The summed E-state index contributed by atoms with van der Waals surface area (Å²) in [5, 5.41) is 4.99. The van der Waals surface area contributed by atoms with Crippen LogP contribution in [0.15, 0.2) is 54.6 Å². The van der Waals surface area contributed by atoms with Crippen molar-refractivity contribution in [3.63, 3.8) is 0 Å². The molecule has 8 heteroatoms. The van der Waals surface area contributed by atoms with Crippen LogP contribution in [-0.4, -0.2) is 26.8 Å². The summed E-state index contributed by atoms with van der Waals surface area (Å²) in [6.45, 7) is 2.69. The minimum Gasteiger partial charge on any atom is -0.457 e. The first-order valence-corrected chi connectivity index (χ1v) is 8.14. The first-order chi connectivity index (χ1) is 13.0. The average Bonchev–Trinajstić information content (AvgIpc) is 2.62. The van der Waals surface area contributed by atoms with Crippen molar-refractivity contribution in [3.05, 3.63) is 54.6 Å². The fourth-order valence-corrected chi connectivity index (χ4v) is 2.23. The largest absolute Gasteiger partial charge is 0.457 e. The third-order valence-electron chi connectivity index (χ3n) is 3.30.